The lowest BCUT2D eigenvalue weighted by atomic mass is 9.85. The number of piperidine rings is 1. The topological polar surface area (TPSA) is 3.24 Å². The molecule has 0 unspecified atom stereocenters. The van der Waals surface area contributed by atoms with Crippen LogP contribution in [0, 0.1) is 25.7 Å². The van der Waals surface area contributed by atoms with Crippen molar-refractivity contribution >= 4 is 6.08 Å². The molecule has 1 heterocycles. The van der Waals surface area contributed by atoms with Crippen LogP contribution in [-0.4, -0.2) is 18.0 Å². The monoisotopic (exact) mass is 319 g/mol. The Morgan fingerprint density at radius 2 is 1.71 bits per heavy atom. The van der Waals surface area contributed by atoms with Crippen molar-refractivity contribution in [1.82, 2.24) is 4.90 Å². The van der Waals surface area contributed by atoms with Crippen molar-refractivity contribution in [2.24, 2.45) is 11.8 Å². The molecule has 2 atom stereocenters. The molecule has 3 rings (SSSR count). The lowest BCUT2D eigenvalue weighted by molar-refractivity contribution is 0.145. The Morgan fingerprint density at radius 3 is 2.38 bits per heavy atom. The highest BCUT2D eigenvalue weighted by atomic mass is 15.1. The van der Waals surface area contributed by atoms with E-state index < -0.39 is 0 Å². The number of rotatable bonds is 4. The molecule has 2 aromatic rings. The largest absolute Gasteiger partial charge is 0.299 e. The van der Waals surface area contributed by atoms with E-state index in [1.54, 1.807) is 0 Å². The minimum atomic E-state index is 0.691. The van der Waals surface area contributed by atoms with E-state index in [1.165, 1.54) is 41.8 Å². The highest BCUT2D eigenvalue weighted by Gasteiger charge is 2.24. The van der Waals surface area contributed by atoms with Crippen LogP contribution in [0.3, 0.4) is 0 Å². The smallest absolute Gasteiger partial charge is 0.0233 e. The van der Waals surface area contributed by atoms with E-state index in [9.17, 15) is 0 Å². The summed E-state index contributed by atoms with van der Waals surface area (Å²) in [6.45, 7) is 10.3. The van der Waals surface area contributed by atoms with Gasteiger partial charge in [-0.2, -0.15) is 0 Å². The number of nitrogens with zero attached hydrogens (tertiary/aromatic N) is 1. The second-order valence-corrected chi connectivity index (χ2v) is 7.32. The maximum absolute atomic E-state index is 2.60. The van der Waals surface area contributed by atoms with E-state index in [2.05, 4.69) is 86.4 Å². The highest BCUT2D eigenvalue weighted by Crippen LogP contribution is 2.27. The first-order valence-electron chi connectivity index (χ1n) is 9.14. The third kappa shape index (κ3) is 4.15. The first kappa shape index (κ1) is 17.0. The van der Waals surface area contributed by atoms with Gasteiger partial charge in [-0.15, -0.1) is 0 Å². The van der Waals surface area contributed by atoms with Crippen molar-refractivity contribution < 1.29 is 0 Å². The van der Waals surface area contributed by atoms with Crippen LogP contribution in [0.1, 0.15) is 35.6 Å². The maximum Gasteiger partial charge on any atom is 0.0233 e. The zero-order valence-corrected chi connectivity index (χ0v) is 15.2. The SMILES string of the molecule is Cc1cccc(C)c1C=C[C@H]1CCN(Cc2ccccc2)C[C@@H]1C. The van der Waals surface area contributed by atoms with Gasteiger partial charge in [0.25, 0.3) is 0 Å². The second-order valence-electron chi connectivity index (χ2n) is 7.32. The van der Waals surface area contributed by atoms with Gasteiger partial charge < -0.3 is 0 Å². The van der Waals surface area contributed by atoms with Crippen molar-refractivity contribution in [3.8, 4) is 0 Å². The number of likely N-dealkylation sites (tertiary alicyclic amines) is 1. The second kappa shape index (κ2) is 7.81. The summed E-state index contributed by atoms with van der Waals surface area (Å²) in [5, 5.41) is 0. The predicted molar refractivity (Wildman–Crippen MR) is 104 cm³/mol. The van der Waals surface area contributed by atoms with Gasteiger partial charge in [-0.1, -0.05) is 67.6 Å². The molecule has 126 valence electrons. The van der Waals surface area contributed by atoms with Crippen molar-refractivity contribution in [1.29, 1.82) is 0 Å². The zero-order valence-electron chi connectivity index (χ0n) is 15.2. The summed E-state index contributed by atoms with van der Waals surface area (Å²) in [4.78, 5) is 2.60. The molecular weight excluding hydrogens is 290 g/mol. The first-order valence-corrected chi connectivity index (χ1v) is 9.14. The van der Waals surface area contributed by atoms with E-state index in [0.717, 1.165) is 6.54 Å². The molecule has 24 heavy (non-hydrogen) atoms. The maximum atomic E-state index is 2.60. The molecule has 0 N–H and O–H groups in total. The standard InChI is InChI=1S/C23H29N/c1-18-8-7-9-19(2)23(18)13-12-22-14-15-24(16-20(22)3)17-21-10-5-4-6-11-21/h4-13,20,22H,14-17H2,1-3H3/t20-,22-/m0/s1. The van der Waals surface area contributed by atoms with Gasteiger partial charge in [0.05, 0.1) is 0 Å². The molecule has 1 fully saturated rings. The molecule has 1 aliphatic heterocycles. The van der Waals surface area contributed by atoms with E-state index in [1.807, 2.05) is 0 Å². The third-order valence-electron chi connectivity index (χ3n) is 5.36. The molecule has 0 aromatic heterocycles. The fourth-order valence-electron chi connectivity index (χ4n) is 3.83. The summed E-state index contributed by atoms with van der Waals surface area (Å²) in [6, 6.07) is 17.4. The normalized spacial score (nSPS) is 22.1. The van der Waals surface area contributed by atoms with E-state index in [4.69, 9.17) is 0 Å². The van der Waals surface area contributed by atoms with Gasteiger partial charge in [-0.25, -0.2) is 0 Å². The van der Waals surface area contributed by atoms with Crippen LogP contribution < -0.4 is 0 Å². The van der Waals surface area contributed by atoms with Crippen LogP contribution in [0.4, 0.5) is 0 Å². The van der Waals surface area contributed by atoms with Crippen molar-refractivity contribution in [3.05, 3.63) is 76.9 Å². The molecule has 1 nitrogen and oxygen atoms in total. The molecule has 2 aromatic carbocycles. The minimum absolute atomic E-state index is 0.691. The Bertz CT molecular complexity index is 666. The van der Waals surface area contributed by atoms with Crippen LogP contribution in [0.2, 0.25) is 0 Å². The lowest BCUT2D eigenvalue weighted by Gasteiger charge is -2.35. The van der Waals surface area contributed by atoms with Crippen molar-refractivity contribution in [3.63, 3.8) is 0 Å². The third-order valence-corrected chi connectivity index (χ3v) is 5.36. The first-order chi connectivity index (χ1) is 11.6. The Hall–Kier alpha value is -1.86. The van der Waals surface area contributed by atoms with Gasteiger partial charge >= 0.3 is 0 Å². The summed E-state index contributed by atoms with van der Waals surface area (Å²) < 4.78 is 0. The van der Waals surface area contributed by atoms with Gasteiger partial charge in [0.2, 0.25) is 0 Å². The van der Waals surface area contributed by atoms with E-state index in [0.29, 0.717) is 11.8 Å². The van der Waals surface area contributed by atoms with E-state index in [-0.39, 0.29) is 0 Å². The van der Waals surface area contributed by atoms with Crippen LogP contribution in [0.15, 0.2) is 54.6 Å². The summed E-state index contributed by atoms with van der Waals surface area (Å²) in [7, 11) is 0. The molecule has 0 aliphatic carbocycles. The summed E-state index contributed by atoms with van der Waals surface area (Å²) in [5.41, 5.74) is 5.58. The van der Waals surface area contributed by atoms with Gasteiger partial charge in [0.1, 0.15) is 0 Å². The Kier molecular flexibility index (Phi) is 5.52. The zero-order chi connectivity index (χ0) is 16.9. The Balaban J connectivity index is 1.61. The van der Waals surface area contributed by atoms with Crippen LogP contribution >= 0.6 is 0 Å². The molecule has 0 amide bonds. The van der Waals surface area contributed by atoms with Crippen molar-refractivity contribution in [2.75, 3.05) is 13.1 Å². The minimum Gasteiger partial charge on any atom is -0.299 e. The molecule has 1 heteroatoms. The highest BCUT2D eigenvalue weighted by molar-refractivity contribution is 5.57. The molecule has 0 saturated carbocycles. The quantitative estimate of drug-likeness (QED) is 0.722. The van der Waals surface area contributed by atoms with Crippen LogP contribution in [-0.2, 0) is 6.54 Å². The molecule has 1 aliphatic rings. The molecule has 0 radical (unpaired) electrons. The van der Waals surface area contributed by atoms with Gasteiger partial charge in [-0.05, 0) is 60.9 Å². The van der Waals surface area contributed by atoms with Crippen LogP contribution in [0.25, 0.3) is 6.08 Å². The number of hydrogen-bond acceptors (Lipinski definition) is 1. The van der Waals surface area contributed by atoms with Gasteiger partial charge in [0.15, 0.2) is 0 Å². The van der Waals surface area contributed by atoms with Gasteiger partial charge in [0, 0.05) is 13.1 Å². The average molecular weight is 319 g/mol. The van der Waals surface area contributed by atoms with Gasteiger partial charge in [-0.3, -0.25) is 4.90 Å². The fourth-order valence-corrected chi connectivity index (χ4v) is 3.83. The molecule has 0 bridgehead atoms. The Labute approximate surface area is 147 Å². The average Bonchev–Trinajstić information content (AvgIpc) is 2.57. The lowest BCUT2D eigenvalue weighted by Crippen LogP contribution is -2.38. The number of allylic oxidation sites excluding steroid dienone is 1. The molecule has 1 saturated heterocycles. The summed E-state index contributed by atoms with van der Waals surface area (Å²) >= 11 is 0. The number of aryl methyl sites for hydroxylation is 2. The molecular formula is C23H29N. The number of benzene rings is 2. The molecule has 0 spiro atoms. The van der Waals surface area contributed by atoms with E-state index >= 15 is 0 Å². The summed E-state index contributed by atoms with van der Waals surface area (Å²) in [6.07, 6.45) is 6.08. The summed E-state index contributed by atoms with van der Waals surface area (Å²) in [5.74, 6) is 1.40. The van der Waals surface area contributed by atoms with Crippen LogP contribution in [0.5, 0.6) is 0 Å². The predicted octanol–water partition coefficient (Wildman–Crippen LogP) is 5.47. The van der Waals surface area contributed by atoms with Crippen molar-refractivity contribution in [2.45, 2.75) is 33.7 Å². The fraction of sp³-hybridized carbons (Fsp3) is 0.391. The number of hydrogen-bond donors (Lipinski definition) is 0. The Morgan fingerprint density at radius 1 is 1.00 bits per heavy atom.